The van der Waals surface area contributed by atoms with Crippen LogP contribution in [0.1, 0.15) is 68.2 Å². The minimum atomic E-state index is -1.28. The molecule has 183 valence electrons. The molecular formula is C21H35O10Zr. The number of carbonyl (C=O) groups excluding carboxylic acids is 6. The molecule has 10 nitrogen and oxygen atoms in total. The smallest absolute Gasteiger partial charge is 0.549 e. The fourth-order valence-corrected chi connectivity index (χ4v) is 2.15. The van der Waals surface area contributed by atoms with Gasteiger partial charge in [0.05, 0.1) is 35.7 Å². The maximum Gasteiger partial charge on any atom is 3.00 e. The molecule has 0 aliphatic carbocycles. The van der Waals surface area contributed by atoms with E-state index in [0.29, 0.717) is 12.8 Å². The first-order valence-electron chi connectivity index (χ1n) is 9.81. The molecule has 0 rings (SSSR count). The first kappa shape index (κ1) is 40.6. The maximum absolute atomic E-state index is 10.6. The van der Waals surface area contributed by atoms with Crippen molar-refractivity contribution in [2.45, 2.75) is 68.2 Å². The number of hydrogen-bond donors (Lipinski definition) is 1. The fraction of sp³-hybridized carbons (Fsp3) is 0.714. The van der Waals surface area contributed by atoms with E-state index in [2.05, 4.69) is 0 Å². The van der Waals surface area contributed by atoms with Gasteiger partial charge in [-0.15, -0.1) is 0 Å². The van der Waals surface area contributed by atoms with Gasteiger partial charge in [0.25, 0.3) is 0 Å². The standard InChI is InChI=1S/C7H12O3.2C6H10O3.C2H6O.Zr/c1-4(2)6(5(3)8)7(9)10;2*1-3-5(4(2)7)6(8)9;1-2-3;/h4,6H,1-3H3,(H,9,10);2*5H,3H2,1-2H3,(H,8,9);3H,2H2,1H3;/q;;;;+3/p-3. The van der Waals surface area contributed by atoms with Crippen LogP contribution >= 0.6 is 0 Å². The Bertz CT molecular complexity index is 513. The molecule has 3 unspecified atom stereocenters. The van der Waals surface area contributed by atoms with Crippen LogP contribution in [0.3, 0.4) is 0 Å². The van der Waals surface area contributed by atoms with Gasteiger partial charge >= 0.3 is 26.2 Å². The minimum Gasteiger partial charge on any atom is -0.549 e. The zero-order chi connectivity index (χ0) is 25.9. The largest absolute Gasteiger partial charge is 3.00 e. The molecule has 0 saturated heterocycles. The molecule has 0 heterocycles. The molecule has 0 bridgehead atoms. The summed E-state index contributed by atoms with van der Waals surface area (Å²) in [6.07, 6.45) is 0.634. The summed E-state index contributed by atoms with van der Waals surface area (Å²) in [5, 5.41) is 37.9. The van der Waals surface area contributed by atoms with E-state index in [0.717, 1.165) is 0 Å². The van der Waals surface area contributed by atoms with Gasteiger partial charge < -0.3 is 34.8 Å². The first-order valence-corrected chi connectivity index (χ1v) is 9.81. The molecule has 0 amide bonds. The fourth-order valence-electron chi connectivity index (χ4n) is 2.15. The number of carboxylic acid groups (broad SMARTS) is 3. The summed E-state index contributed by atoms with van der Waals surface area (Å²) < 4.78 is 0. The van der Waals surface area contributed by atoms with Gasteiger partial charge in [0.1, 0.15) is 17.3 Å². The topological polar surface area (TPSA) is 192 Å². The summed E-state index contributed by atoms with van der Waals surface area (Å²) >= 11 is 0. The predicted molar refractivity (Wildman–Crippen MR) is 106 cm³/mol. The number of aliphatic carboxylic acids is 3. The van der Waals surface area contributed by atoms with Crippen LogP contribution in [0.2, 0.25) is 0 Å². The summed E-state index contributed by atoms with van der Waals surface area (Å²) in [7, 11) is 0. The molecule has 0 spiro atoms. The Morgan fingerprint density at radius 1 is 0.656 bits per heavy atom. The van der Waals surface area contributed by atoms with Gasteiger partial charge in [-0.2, -0.15) is 0 Å². The normalized spacial score (nSPS) is 11.8. The molecule has 0 saturated carbocycles. The molecule has 0 aliphatic heterocycles. The second-order valence-electron chi connectivity index (χ2n) is 6.75. The number of aliphatic hydroxyl groups excluding tert-OH is 1. The minimum absolute atomic E-state index is 0. The average molecular weight is 539 g/mol. The Morgan fingerprint density at radius 3 is 0.906 bits per heavy atom. The number of carbonyl (C=O) groups is 6. The predicted octanol–water partition coefficient (Wildman–Crippen LogP) is -1.70. The van der Waals surface area contributed by atoms with E-state index < -0.39 is 35.7 Å². The van der Waals surface area contributed by atoms with Gasteiger partial charge in [-0.05, 0) is 46.5 Å². The first-order chi connectivity index (χ1) is 14.1. The van der Waals surface area contributed by atoms with E-state index in [-0.39, 0.29) is 56.1 Å². The summed E-state index contributed by atoms with van der Waals surface area (Å²) in [5.74, 6) is -7.78. The molecule has 32 heavy (non-hydrogen) atoms. The molecule has 11 heteroatoms. The molecule has 0 aliphatic rings. The number of aliphatic hydroxyl groups is 1. The van der Waals surface area contributed by atoms with Crippen molar-refractivity contribution in [2.75, 3.05) is 6.61 Å². The monoisotopic (exact) mass is 537 g/mol. The second kappa shape index (κ2) is 23.9. The van der Waals surface area contributed by atoms with Gasteiger partial charge in [-0.1, -0.05) is 27.7 Å². The van der Waals surface area contributed by atoms with E-state index in [9.17, 15) is 44.1 Å². The third-order valence-corrected chi connectivity index (χ3v) is 3.73. The van der Waals surface area contributed by atoms with Crippen LogP contribution in [0.15, 0.2) is 0 Å². The summed E-state index contributed by atoms with van der Waals surface area (Å²) in [5.41, 5.74) is 0. The van der Waals surface area contributed by atoms with Crippen molar-refractivity contribution < 1.29 is 75.4 Å². The van der Waals surface area contributed by atoms with E-state index in [4.69, 9.17) is 5.11 Å². The van der Waals surface area contributed by atoms with Crippen LogP contribution in [0.5, 0.6) is 0 Å². The molecule has 3 atom stereocenters. The van der Waals surface area contributed by atoms with E-state index in [1.807, 2.05) is 0 Å². The second-order valence-corrected chi connectivity index (χ2v) is 6.75. The summed E-state index contributed by atoms with van der Waals surface area (Å²) in [6, 6.07) is 0. The SMILES string of the molecule is CC(=O)C(C(=O)[O-])C(C)C.CCC(C(C)=O)C(=O)[O-].CCC(C(C)=O)C(=O)[O-].CCO.[Zr+3]. The molecule has 1 N–H and O–H groups in total. The summed E-state index contributed by atoms with van der Waals surface area (Å²) in [4.78, 5) is 61.7. The van der Waals surface area contributed by atoms with Crippen LogP contribution in [0.4, 0.5) is 0 Å². The van der Waals surface area contributed by atoms with Crippen molar-refractivity contribution in [3.05, 3.63) is 0 Å². The van der Waals surface area contributed by atoms with Gasteiger partial charge in [0.2, 0.25) is 0 Å². The molecule has 0 aromatic rings. The number of carboxylic acids is 3. The molecule has 0 aromatic heterocycles. The molecule has 0 fully saturated rings. The zero-order valence-electron chi connectivity index (χ0n) is 20.1. The van der Waals surface area contributed by atoms with Crippen molar-refractivity contribution in [3.8, 4) is 0 Å². The number of hydrogen-bond acceptors (Lipinski definition) is 10. The third-order valence-electron chi connectivity index (χ3n) is 3.73. The van der Waals surface area contributed by atoms with Crippen molar-refractivity contribution in [1.29, 1.82) is 0 Å². The van der Waals surface area contributed by atoms with Gasteiger partial charge in [0, 0.05) is 6.61 Å². The Kier molecular flexibility index (Phi) is 30.3. The van der Waals surface area contributed by atoms with Crippen molar-refractivity contribution in [2.24, 2.45) is 23.7 Å². The number of rotatable bonds is 9. The Morgan fingerprint density at radius 2 is 0.906 bits per heavy atom. The average Bonchev–Trinajstić information content (AvgIpc) is 2.55. The van der Waals surface area contributed by atoms with Gasteiger partial charge in [-0.3, -0.25) is 14.4 Å². The molecule has 1 radical (unpaired) electrons. The molecule has 0 aromatic carbocycles. The maximum atomic E-state index is 10.6. The third kappa shape index (κ3) is 22.9. The van der Waals surface area contributed by atoms with Crippen LogP contribution in [-0.4, -0.2) is 47.0 Å². The van der Waals surface area contributed by atoms with Crippen LogP contribution < -0.4 is 15.3 Å². The van der Waals surface area contributed by atoms with Gasteiger partial charge in [0.15, 0.2) is 0 Å². The zero-order valence-corrected chi connectivity index (χ0v) is 22.5. The van der Waals surface area contributed by atoms with Crippen LogP contribution in [0.25, 0.3) is 0 Å². The quantitative estimate of drug-likeness (QED) is 0.331. The Balaban J connectivity index is -0.000000106. The van der Waals surface area contributed by atoms with E-state index >= 15 is 0 Å². The molecular weight excluding hydrogens is 503 g/mol. The van der Waals surface area contributed by atoms with Crippen molar-refractivity contribution >= 4 is 35.3 Å². The number of ketones is 3. The van der Waals surface area contributed by atoms with Crippen molar-refractivity contribution in [1.82, 2.24) is 0 Å². The summed E-state index contributed by atoms with van der Waals surface area (Å²) in [6.45, 7) is 12.3. The van der Waals surface area contributed by atoms with Crippen LogP contribution in [-0.2, 0) is 55.0 Å². The van der Waals surface area contributed by atoms with E-state index in [1.165, 1.54) is 20.8 Å². The Hall–Kier alpha value is -1.74. The van der Waals surface area contributed by atoms with E-state index in [1.54, 1.807) is 34.6 Å². The van der Waals surface area contributed by atoms with Crippen LogP contribution in [0, 0.1) is 23.7 Å². The number of Topliss-reactive ketones (excluding diaryl/α,β-unsaturated/α-hetero) is 3. The van der Waals surface area contributed by atoms with Crippen molar-refractivity contribution in [3.63, 3.8) is 0 Å². The Labute approximate surface area is 208 Å². The van der Waals surface area contributed by atoms with Gasteiger partial charge in [-0.25, -0.2) is 0 Å².